The van der Waals surface area contributed by atoms with E-state index in [0.29, 0.717) is 28.4 Å². The van der Waals surface area contributed by atoms with Crippen LogP contribution in [0.25, 0.3) is 17.2 Å². The first-order chi connectivity index (χ1) is 13.4. The number of hydrogen-bond acceptors (Lipinski definition) is 5. The van der Waals surface area contributed by atoms with Crippen molar-refractivity contribution in [1.29, 1.82) is 0 Å². The topological polar surface area (TPSA) is 67.8 Å². The van der Waals surface area contributed by atoms with Crippen LogP contribution in [0.4, 0.5) is 4.39 Å². The van der Waals surface area contributed by atoms with E-state index in [1.807, 2.05) is 13.0 Å². The molecule has 1 aliphatic carbocycles. The van der Waals surface area contributed by atoms with Gasteiger partial charge in [-0.2, -0.15) is 0 Å². The maximum Gasteiger partial charge on any atom is 1.00 e. The van der Waals surface area contributed by atoms with Crippen molar-refractivity contribution < 1.29 is 58.1 Å². The third-order valence-electron chi connectivity index (χ3n) is 4.77. The monoisotopic (exact) mass is 406 g/mol. The fourth-order valence-electron chi connectivity index (χ4n) is 3.48. The molecule has 0 amide bonds. The smallest absolute Gasteiger partial charge is 0.550 e. The number of carbonyl (C=O) groups excluding carboxylic acids is 1. The van der Waals surface area contributed by atoms with Gasteiger partial charge in [0.15, 0.2) is 11.5 Å². The van der Waals surface area contributed by atoms with Crippen molar-refractivity contribution in [2.45, 2.75) is 13.3 Å². The summed E-state index contributed by atoms with van der Waals surface area (Å²) in [4.78, 5) is 11.2. The molecule has 3 rings (SSSR count). The van der Waals surface area contributed by atoms with Gasteiger partial charge in [-0.05, 0) is 70.7 Å². The van der Waals surface area contributed by atoms with E-state index in [2.05, 4.69) is 0 Å². The van der Waals surface area contributed by atoms with Crippen molar-refractivity contribution >= 4 is 23.2 Å². The number of carboxylic acid groups (broad SMARTS) is 1. The molecule has 0 saturated heterocycles. The van der Waals surface area contributed by atoms with Gasteiger partial charge in [0.2, 0.25) is 5.75 Å². The fraction of sp³-hybridized carbons (Fsp3) is 0.227. The van der Waals surface area contributed by atoms with Crippen LogP contribution in [0.5, 0.6) is 17.2 Å². The first-order valence-corrected chi connectivity index (χ1v) is 8.61. The van der Waals surface area contributed by atoms with E-state index in [1.165, 1.54) is 33.5 Å². The number of allylic oxidation sites excluding steroid dienone is 2. The summed E-state index contributed by atoms with van der Waals surface area (Å²) < 4.78 is 29.9. The number of ether oxygens (including phenoxy) is 3. The van der Waals surface area contributed by atoms with Crippen LogP contribution in [0, 0.1) is 5.82 Å². The number of hydrogen-bond donors (Lipinski definition) is 0. The number of carbonyl (C=O) groups is 1. The molecule has 0 spiro atoms. The first kappa shape index (κ1) is 23.0. The van der Waals surface area contributed by atoms with Gasteiger partial charge in [0.1, 0.15) is 5.82 Å². The van der Waals surface area contributed by atoms with Gasteiger partial charge in [-0.3, -0.25) is 0 Å². The van der Waals surface area contributed by atoms with Crippen LogP contribution in [0.3, 0.4) is 0 Å². The van der Waals surface area contributed by atoms with E-state index in [4.69, 9.17) is 14.2 Å². The number of carboxylic acids is 1. The largest absolute Gasteiger partial charge is 1.00 e. The Morgan fingerprint density at radius 3 is 2.17 bits per heavy atom. The second-order valence-electron chi connectivity index (χ2n) is 6.36. The van der Waals surface area contributed by atoms with E-state index in [-0.39, 0.29) is 36.0 Å². The Bertz CT molecular complexity index is 985. The normalized spacial score (nSPS) is 13.8. The Kier molecular flexibility index (Phi) is 7.52. The third kappa shape index (κ3) is 4.50. The molecule has 0 radical (unpaired) electrons. The Labute approximate surface area is 191 Å². The Balaban J connectivity index is 0.00000300. The van der Waals surface area contributed by atoms with Crippen LogP contribution in [0.1, 0.15) is 30.0 Å². The van der Waals surface area contributed by atoms with E-state index in [9.17, 15) is 14.3 Å². The van der Waals surface area contributed by atoms with Crippen molar-refractivity contribution in [3.05, 3.63) is 58.4 Å². The minimum absolute atomic E-state index is 0. The van der Waals surface area contributed by atoms with Gasteiger partial charge in [0.25, 0.3) is 0 Å². The third-order valence-corrected chi connectivity index (χ3v) is 4.77. The number of rotatable bonds is 6. The summed E-state index contributed by atoms with van der Waals surface area (Å²) in [5.74, 6) is -0.147. The van der Waals surface area contributed by atoms with Crippen molar-refractivity contribution in [2.75, 3.05) is 21.3 Å². The SMILES string of the molecule is COc1cc(C=C2C(C)=C(CC(=O)[O-])c3cc(F)ccc32)cc(OC)c1OC.[Na+]. The van der Waals surface area contributed by atoms with Crippen LogP contribution in [-0.4, -0.2) is 27.3 Å². The predicted octanol–water partition coefficient (Wildman–Crippen LogP) is 0.323. The van der Waals surface area contributed by atoms with Crippen LogP contribution in [-0.2, 0) is 4.79 Å². The summed E-state index contributed by atoms with van der Waals surface area (Å²) in [6, 6.07) is 7.95. The summed E-state index contributed by atoms with van der Waals surface area (Å²) >= 11 is 0. The zero-order valence-electron chi connectivity index (χ0n) is 17.1. The quantitative estimate of drug-likeness (QED) is 0.647. The molecule has 29 heavy (non-hydrogen) atoms. The second kappa shape index (κ2) is 9.48. The van der Waals surface area contributed by atoms with Crippen molar-refractivity contribution in [2.24, 2.45) is 0 Å². The number of fused-ring (bicyclic) bond motifs is 1. The van der Waals surface area contributed by atoms with E-state index < -0.39 is 11.8 Å². The molecule has 5 nitrogen and oxygen atoms in total. The molecule has 1 aliphatic rings. The summed E-state index contributed by atoms with van der Waals surface area (Å²) in [5.41, 5.74) is 4.23. The maximum atomic E-state index is 13.8. The molecule has 7 heteroatoms. The molecule has 0 aliphatic heterocycles. The average Bonchev–Trinajstić information content (AvgIpc) is 2.91. The van der Waals surface area contributed by atoms with Crippen molar-refractivity contribution in [1.82, 2.24) is 0 Å². The molecular weight excluding hydrogens is 386 g/mol. The summed E-state index contributed by atoms with van der Waals surface area (Å²) in [6.45, 7) is 1.82. The molecule has 2 aromatic rings. The predicted molar refractivity (Wildman–Crippen MR) is 103 cm³/mol. The fourth-order valence-corrected chi connectivity index (χ4v) is 3.48. The molecule has 0 unspecified atom stereocenters. The Hall–Kier alpha value is -2.28. The maximum absolute atomic E-state index is 13.8. The summed E-state index contributed by atoms with van der Waals surface area (Å²) in [5, 5.41) is 11.2. The zero-order chi connectivity index (χ0) is 20.4. The van der Waals surface area contributed by atoms with Gasteiger partial charge in [-0.1, -0.05) is 6.07 Å². The van der Waals surface area contributed by atoms with E-state index in [1.54, 1.807) is 18.2 Å². The molecule has 146 valence electrons. The molecule has 0 saturated carbocycles. The zero-order valence-corrected chi connectivity index (χ0v) is 19.1. The van der Waals surface area contributed by atoms with Gasteiger partial charge in [0, 0.05) is 12.4 Å². The molecule has 0 heterocycles. The molecule has 0 N–H and O–H groups in total. The van der Waals surface area contributed by atoms with E-state index >= 15 is 0 Å². The van der Waals surface area contributed by atoms with Crippen molar-refractivity contribution in [3.63, 3.8) is 0 Å². The van der Waals surface area contributed by atoms with Crippen LogP contribution < -0.4 is 48.9 Å². The Morgan fingerprint density at radius 1 is 1.03 bits per heavy atom. The molecule has 2 aromatic carbocycles. The van der Waals surface area contributed by atoms with Crippen LogP contribution >= 0.6 is 0 Å². The minimum Gasteiger partial charge on any atom is -0.550 e. The van der Waals surface area contributed by atoms with E-state index in [0.717, 1.165) is 22.3 Å². The standard InChI is InChI=1S/C22H21FO5.Na/c1-12-16(7-13-8-19(26-2)22(28-4)20(9-13)27-3)15-6-5-14(23)10-18(15)17(12)11-21(24)25;/h5-10H,11H2,1-4H3,(H,24,25);/q;+1/p-1. The molecule has 0 aromatic heterocycles. The number of aliphatic carboxylic acids is 1. The number of benzene rings is 2. The number of methoxy groups -OCH3 is 3. The van der Waals surface area contributed by atoms with Crippen LogP contribution in [0.2, 0.25) is 0 Å². The van der Waals surface area contributed by atoms with Gasteiger partial charge in [0.05, 0.1) is 21.3 Å². The first-order valence-electron chi connectivity index (χ1n) is 8.61. The van der Waals surface area contributed by atoms with Crippen LogP contribution in [0.15, 0.2) is 35.9 Å². The average molecular weight is 406 g/mol. The molecular formula is C22H20FNaO5. The van der Waals surface area contributed by atoms with Gasteiger partial charge in [-0.15, -0.1) is 0 Å². The van der Waals surface area contributed by atoms with Gasteiger partial charge < -0.3 is 24.1 Å². The molecule has 0 bridgehead atoms. The molecule has 0 atom stereocenters. The number of halogens is 1. The minimum atomic E-state index is -1.21. The van der Waals surface area contributed by atoms with Gasteiger partial charge >= 0.3 is 29.6 Å². The Morgan fingerprint density at radius 2 is 1.66 bits per heavy atom. The van der Waals surface area contributed by atoms with Crippen molar-refractivity contribution in [3.8, 4) is 17.2 Å². The summed E-state index contributed by atoms with van der Waals surface area (Å²) in [6.07, 6.45) is 1.60. The second-order valence-corrected chi connectivity index (χ2v) is 6.36. The van der Waals surface area contributed by atoms with Gasteiger partial charge in [-0.25, -0.2) is 4.39 Å². The summed E-state index contributed by atoms with van der Waals surface area (Å²) in [7, 11) is 4.59. The molecule has 0 fully saturated rings.